The van der Waals surface area contributed by atoms with E-state index in [9.17, 15) is 4.39 Å². The Labute approximate surface area is 115 Å². The number of nitrogens with zero attached hydrogens (tertiary/aromatic N) is 1. The van der Waals surface area contributed by atoms with Crippen molar-refractivity contribution >= 4 is 5.69 Å². The minimum Gasteiger partial charge on any atom is -0.371 e. The van der Waals surface area contributed by atoms with E-state index in [0.717, 1.165) is 25.1 Å². The lowest BCUT2D eigenvalue weighted by atomic mass is 9.82. The molecule has 1 fully saturated rings. The monoisotopic (exact) mass is 264 g/mol. The first-order valence-electron chi connectivity index (χ1n) is 7.37. The largest absolute Gasteiger partial charge is 0.371 e. The van der Waals surface area contributed by atoms with Gasteiger partial charge in [0.2, 0.25) is 0 Å². The van der Waals surface area contributed by atoms with E-state index in [2.05, 4.69) is 18.7 Å². The van der Waals surface area contributed by atoms with Crippen molar-refractivity contribution in [1.82, 2.24) is 0 Å². The number of halogens is 1. The maximum atomic E-state index is 13.4. The van der Waals surface area contributed by atoms with Crippen LogP contribution in [0.25, 0.3) is 0 Å². The Bertz CT molecular complexity index is 427. The minimum absolute atomic E-state index is 0.163. The number of benzene rings is 1. The number of nitrogens with two attached hydrogens (primary N) is 1. The van der Waals surface area contributed by atoms with E-state index in [1.54, 1.807) is 12.1 Å². The average molecular weight is 264 g/mol. The molecule has 0 radical (unpaired) electrons. The van der Waals surface area contributed by atoms with Gasteiger partial charge in [-0.3, -0.25) is 0 Å². The van der Waals surface area contributed by atoms with Crippen molar-refractivity contribution in [2.45, 2.75) is 39.5 Å². The highest BCUT2D eigenvalue weighted by Crippen LogP contribution is 2.40. The Kier molecular flexibility index (Phi) is 4.46. The summed E-state index contributed by atoms with van der Waals surface area (Å²) in [4.78, 5) is 2.41. The molecule has 1 aromatic rings. The van der Waals surface area contributed by atoms with Crippen molar-refractivity contribution in [3.63, 3.8) is 0 Å². The van der Waals surface area contributed by atoms with E-state index in [1.807, 2.05) is 6.07 Å². The van der Waals surface area contributed by atoms with Crippen molar-refractivity contribution in [3.8, 4) is 0 Å². The normalized spacial score (nSPS) is 18.0. The Morgan fingerprint density at radius 2 is 2.05 bits per heavy atom. The highest BCUT2D eigenvalue weighted by molar-refractivity contribution is 5.55. The fraction of sp³-hybridized carbons (Fsp3) is 0.625. The van der Waals surface area contributed by atoms with Crippen molar-refractivity contribution in [2.75, 3.05) is 24.5 Å². The summed E-state index contributed by atoms with van der Waals surface area (Å²) in [6.45, 7) is 7.28. The van der Waals surface area contributed by atoms with Crippen LogP contribution in [0.5, 0.6) is 0 Å². The minimum atomic E-state index is -0.163. The molecule has 0 unspecified atom stereocenters. The van der Waals surface area contributed by atoms with Gasteiger partial charge in [0.05, 0.1) is 0 Å². The van der Waals surface area contributed by atoms with E-state index in [-0.39, 0.29) is 5.82 Å². The van der Waals surface area contributed by atoms with E-state index >= 15 is 0 Å². The van der Waals surface area contributed by atoms with Crippen LogP contribution in [0.2, 0.25) is 0 Å². The predicted octanol–water partition coefficient (Wildman–Crippen LogP) is 3.34. The lowest BCUT2D eigenvalue weighted by molar-refractivity contribution is 0.301. The van der Waals surface area contributed by atoms with Crippen LogP contribution in [0, 0.1) is 11.2 Å². The second-order valence-electron chi connectivity index (χ2n) is 5.69. The summed E-state index contributed by atoms with van der Waals surface area (Å²) in [5.74, 6) is -0.163. The Hall–Kier alpha value is -1.09. The highest BCUT2D eigenvalue weighted by Gasteiger charge is 2.35. The van der Waals surface area contributed by atoms with Crippen LogP contribution in [0.3, 0.4) is 0 Å². The van der Waals surface area contributed by atoms with E-state index < -0.39 is 0 Å². The molecular weight excluding hydrogens is 239 g/mol. The maximum absolute atomic E-state index is 13.4. The van der Waals surface area contributed by atoms with Crippen molar-refractivity contribution in [3.05, 3.63) is 29.6 Å². The second-order valence-corrected chi connectivity index (χ2v) is 5.69. The van der Waals surface area contributed by atoms with Crippen LogP contribution in [0.4, 0.5) is 10.1 Å². The Morgan fingerprint density at radius 3 is 2.63 bits per heavy atom. The third-order valence-corrected chi connectivity index (χ3v) is 4.73. The third-order valence-electron chi connectivity index (χ3n) is 4.73. The van der Waals surface area contributed by atoms with Crippen LogP contribution in [-0.4, -0.2) is 19.6 Å². The number of rotatable bonds is 5. The van der Waals surface area contributed by atoms with Crippen molar-refractivity contribution in [1.29, 1.82) is 0 Å². The van der Waals surface area contributed by atoms with Gasteiger partial charge in [0.15, 0.2) is 0 Å². The fourth-order valence-corrected chi connectivity index (χ4v) is 3.19. The zero-order valence-electron chi connectivity index (χ0n) is 12.1. The molecule has 0 atom stereocenters. The number of hydrogen-bond acceptors (Lipinski definition) is 2. The van der Waals surface area contributed by atoms with Crippen LogP contribution in [0.1, 0.15) is 38.7 Å². The highest BCUT2D eigenvalue weighted by atomic mass is 19.1. The Morgan fingerprint density at radius 1 is 1.32 bits per heavy atom. The molecule has 2 rings (SSSR count). The molecule has 1 heterocycles. The van der Waals surface area contributed by atoms with Gasteiger partial charge in [0, 0.05) is 18.8 Å². The van der Waals surface area contributed by atoms with Gasteiger partial charge in [-0.15, -0.1) is 0 Å². The van der Waals surface area contributed by atoms with Gasteiger partial charge in [-0.1, -0.05) is 13.8 Å². The summed E-state index contributed by atoms with van der Waals surface area (Å²) in [5.41, 5.74) is 8.30. The van der Waals surface area contributed by atoms with Crippen molar-refractivity contribution in [2.24, 2.45) is 11.1 Å². The molecule has 0 bridgehead atoms. The summed E-state index contributed by atoms with van der Waals surface area (Å²) in [5, 5.41) is 0. The van der Waals surface area contributed by atoms with Gasteiger partial charge in [-0.05, 0) is 61.4 Å². The summed E-state index contributed by atoms with van der Waals surface area (Å²) >= 11 is 0. The van der Waals surface area contributed by atoms with Crippen molar-refractivity contribution < 1.29 is 4.39 Å². The molecule has 2 N–H and O–H groups in total. The smallest absolute Gasteiger partial charge is 0.123 e. The van der Waals surface area contributed by atoms with Gasteiger partial charge < -0.3 is 10.6 Å². The van der Waals surface area contributed by atoms with Gasteiger partial charge >= 0.3 is 0 Å². The second kappa shape index (κ2) is 5.91. The van der Waals surface area contributed by atoms with Gasteiger partial charge in [0.1, 0.15) is 5.82 Å². The average Bonchev–Trinajstić information content (AvgIpc) is 2.84. The SMILES string of the molecule is CCC1(CC)CCN(c2ccc(F)cc2CCN)C1. The molecule has 1 aliphatic heterocycles. The summed E-state index contributed by atoms with van der Waals surface area (Å²) < 4.78 is 13.4. The standard InChI is InChI=1S/C16H25FN2/c1-3-16(4-2)8-10-19(12-16)15-6-5-14(17)11-13(15)7-9-18/h5-6,11H,3-4,7-10,12,18H2,1-2H3. The van der Waals surface area contributed by atoms with E-state index in [4.69, 9.17) is 5.73 Å². The summed E-state index contributed by atoms with van der Waals surface area (Å²) in [6, 6.07) is 5.12. The summed E-state index contributed by atoms with van der Waals surface area (Å²) in [7, 11) is 0. The van der Waals surface area contributed by atoms with Crippen LogP contribution >= 0.6 is 0 Å². The molecule has 1 aliphatic rings. The van der Waals surface area contributed by atoms with Gasteiger partial charge in [-0.25, -0.2) is 4.39 Å². The molecule has 3 heteroatoms. The molecule has 0 spiro atoms. The molecule has 2 nitrogen and oxygen atoms in total. The molecule has 1 aromatic carbocycles. The Balaban J connectivity index is 2.23. The third kappa shape index (κ3) is 2.92. The van der Waals surface area contributed by atoms with E-state index in [1.165, 1.54) is 24.9 Å². The fourth-order valence-electron chi connectivity index (χ4n) is 3.19. The van der Waals surface area contributed by atoms with Crippen LogP contribution < -0.4 is 10.6 Å². The van der Waals surface area contributed by atoms with E-state index in [0.29, 0.717) is 12.0 Å². The molecule has 0 aromatic heterocycles. The van der Waals surface area contributed by atoms with Crippen LogP contribution in [0.15, 0.2) is 18.2 Å². The first kappa shape index (κ1) is 14.3. The lowest BCUT2D eigenvalue weighted by Crippen LogP contribution is -2.27. The van der Waals surface area contributed by atoms with Gasteiger partial charge in [-0.2, -0.15) is 0 Å². The zero-order chi connectivity index (χ0) is 13.9. The number of anilines is 1. The quantitative estimate of drug-likeness (QED) is 0.883. The molecule has 0 aliphatic carbocycles. The van der Waals surface area contributed by atoms with Crippen LogP contribution in [-0.2, 0) is 6.42 Å². The first-order chi connectivity index (χ1) is 9.14. The van der Waals surface area contributed by atoms with Gasteiger partial charge in [0.25, 0.3) is 0 Å². The molecule has 106 valence electrons. The number of hydrogen-bond donors (Lipinski definition) is 1. The molecule has 19 heavy (non-hydrogen) atoms. The maximum Gasteiger partial charge on any atom is 0.123 e. The topological polar surface area (TPSA) is 29.3 Å². The predicted molar refractivity (Wildman–Crippen MR) is 79.0 cm³/mol. The molecule has 0 saturated carbocycles. The molecular formula is C16H25FN2. The molecule has 0 amide bonds. The zero-order valence-corrected chi connectivity index (χ0v) is 12.1. The molecule has 1 saturated heterocycles. The first-order valence-corrected chi connectivity index (χ1v) is 7.37. The summed E-state index contributed by atoms with van der Waals surface area (Å²) in [6.07, 6.45) is 4.41. The lowest BCUT2D eigenvalue weighted by Gasteiger charge is -2.28.